The van der Waals surface area contributed by atoms with E-state index >= 15 is 0 Å². The molecule has 1 fully saturated rings. The standard InChI is InChI=1S/C20H12BrN3O4S/c21-12-5-7-13(8-6-12)22-20-23-19(25)18(29-20)11-14-9-10-17(28-14)15-3-1-2-4-16(15)24(26)27/h1-11H,(H,22,23,25)/b18-11-. The van der Waals surface area contributed by atoms with E-state index in [0.29, 0.717) is 32.8 Å². The van der Waals surface area contributed by atoms with E-state index in [1.54, 1.807) is 36.4 Å². The van der Waals surface area contributed by atoms with E-state index in [9.17, 15) is 14.9 Å². The molecule has 0 spiro atoms. The van der Waals surface area contributed by atoms with Gasteiger partial charge in [-0.1, -0.05) is 28.1 Å². The third kappa shape index (κ3) is 4.30. The topological polar surface area (TPSA) is 97.7 Å². The number of nitrogens with one attached hydrogen (secondary N) is 1. The van der Waals surface area contributed by atoms with Gasteiger partial charge < -0.3 is 9.73 Å². The van der Waals surface area contributed by atoms with E-state index in [1.165, 1.54) is 17.8 Å². The number of rotatable bonds is 4. The summed E-state index contributed by atoms with van der Waals surface area (Å²) in [5.41, 5.74) is 1.05. The highest BCUT2D eigenvalue weighted by Gasteiger charge is 2.24. The van der Waals surface area contributed by atoms with Crippen molar-refractivity contribution in [1.82, 2.24) is 5.32 Å². The van der Waals surface area contributed by atoms with Crippen molar-refractivity contribution < 1.29 is 14.1 Å². The molecule has 2 aromatic carbocycles. The maximum absolute atomic E-state index is 12.2. The highest BCUT2D eigenvalue weighted by atomic mass is 79.9. The average Bonchev–Trinajstić information content (AvgIpc) is 3.30. The third-order valence-electron chi connectivity index (χ3n) is 3.97. The molecule has 0 radical (unpaired) electrons. The molecule has 9 heteroatoms. The number of para-hydroxylation sites is 1. The van der Waals surface area contributed by atoms with Crippen molar-refractivity contribution >= 4 is 56.2 Å². The summed E-state index contributed by atoms with van der Waals surface area (Å²) in [6, 6.07) is 17.0. The van der Waals surface area contributed by atoms with Crippen LogP contribution in [-0.2, 0) is 4.79 Å². The molecule has 1 aliphatic rings. The summed E-state index contributed by atoms with van der Waals surface area (Å²) in [4.78, 5) is 27.8. The number of amidine groups is 1. The van der Waals surface area contributed by atoms with E-state index in [1.807, 2.05) is 24.3 Å². The van der Waals surface area contributed by atoms with Crippen molar-refractivity contribution in [3.63, 3.8) is 0 Å². The Kier molecular flexibility index (Phi) is 5.32. The Balaban J connectivity index is 1.57. The molecule has 3 aromatic rings. The molecule has 7 nitrogen and oxygen atoms in total. The number of furan rings is 1. The van der Waals surface area contributed by atoms with Crippen LogP contribution in [0.4, 0.5) is 11.4 Å². The van der Waals surface area contributed by atoms with Crippen LogP contribution in [0.5, 0.6) is 0 Å². The molecular formula is C20H12BrN3O4S. The quantitative estimate of drug-likeness (QED) is 0.308. The summed E-state index contributed by atoms with van der Waals surface area (Å²) < 4.78 is 6.66. The second kappa shape index (κ2) is 8.06. The van der Waals surface area contributed by atoms with Gasteiger partial charge in [0.05, 0.1) is 21.1 Å². The van der Waals surface area contributed by atoms with Gasteiger partial charge in [0, 0.05) is 16.6 Å². The number of nitrogens with zero attached hydrogens (tertiary/aromatic N) is 2. The molecule has 1 N–H and O–H groups in total. The number of hydrogen-bond donors (Lipinski definition) is 1. The first-order valence-corrected chi connectivity index (χ1v) is 9.99. The largest absolute Gasteiger partial charge is 0.456 e. The van der Waals surface area contributed by atoms with E-state index in [2.05, 4.69) is 26.2 Å². The summed E-state index contributed by atoms with van der Waals surface area (Å²) in [6.07, 6.45) is 1.59. The Hall–Kier alpha value is -3.17. The summed E-state index contributed by atoms with van der Waals surface area (Å²) in [5.74, 6) is 0.492. The van der Waals surface area contributed by atoms with E-state index in [0.717, 1.165) is 4.47 Å². The van der Waals surface area contributed by atoms with Crippen LogP contribution < -0.4 is 5.32 Å². The summed E-state index contributed by atoms with van der Waals surface area (Å²) in [6.45, 7) is 0. The Labute approximate surface area is 177 Å². The lowest BCUT2D eigenvalue weighted by Gasteiger charge is -1.98. The molecule has 0 unspecified atom stereocenters. The zero-order chi connectivity index (χ0) is 20.4. The van der Waals surface area contributed by atoms with Crippen LogP contribution in [0.2, 0.25) is 0 Å². The van der Waals surface area contributed by atoms with Crippen LogP contribution in [0.1, 0.15) is 5.76 Å². The molecule has 1 saturated heterocycles. The number of aliphatic imine (C=N–C) groups is 1. The highest BCUT2D eigenvalue weighted by molar-refractivity contribution is 9.10. The molecule has 0 aliphatic carbocycles. The first-order valence-electron chi connectivity index (χ1n) is 8.38. The first-order chi connectivity index (χ1) is 14.0. The molecule has 0 bridgehead atoms. The number of halogens is 1. The van der Waals surface area contributed by atoms with Crippen molar-refractivity contribution in [3.8, 4) is 11.3 Å². The second-order valence-electron chi connectivity index (χ2n) is 5.93. The molecule has 29 heavy (non-hydrogen) atoms. The van der Waals surface area contributed by atoms with Gasteiger partial charge in [0.1, 0.15) is 11.5 Å². The average molecular weight is 470 g/mol. The molecule has 1 amide bonds. The van der Waals surface area contributed by atoms with Crippen molar-refractivity contribution in [1.29, 1.82) is 0 Å². The van der Waals surface area contributed by atoms with Gasteiger partial charge in [-0.15, -0.1) is 0 Å². The summed E-state index contributed by atoms with van der Waals surface area (Å²) in [7, 11) is 0. The van der Waals surface area contributed by atoms with Crippen LogP contribution in [-0.4, -0.2) is 16.0 Å². The fourth-order valence-electron chi connectivity index (χ4n) is 2.66. The van der Waals surface area contributed by atoms with Gasteiger partial charge in [-0.2, -0.15) is 0 Å². The molecule has 0 atom stereocenters. The van der Waals surface area contributed by atoms with Gasteiger partial charge in [-0.25, -0.2) is 4.99 Å². The zero-order valence-electron chi connectivity index (χ0n) is 14.7. The normalized spacial score (nSPS) is 16.4. The molecule has 1 aliphatic heterocycles. The lowest BCUT2D eigenvalue weighted by Crippen LogP contribution is -2.19. The molecule has 4 rings (SSSR count). The Morgan fingerprint density at radius 1 is 1.10 bits per heavy atom. The van der Waals surface area contributed by atoms with Gasteiger partial charge in [0.25, 0.3) is 11.6 Å². The monoisotopic (exact) mass is 469 g/mol. The fourth-order valence-corrected chi connectivity index (χ4v) is 3.75. The minimum atomic E-state index is -0.457. The van der Waals surface area contributed by atoms with Crippen LogP contribution in [0, 0.1) is 10.1 Å². The first kappa shape index (κ1) is 19.2. The second-order valence-corrected chi connectivity index (χ2v) is 7.88. The molecule has 0 saturated carbocycles. The SMILES string of the molecule is O=C1NC(=Nc2ccc(Br)cc2)S/C1=C\c1ccc(-c2ccccc2[N+](=O)[O-])o1. The van der Waals surface area contributed by atoms with Crippen LogP contribution >= 0.6 is 27.7 Å². The van der Waals surface area contributed by atoms with Crippen molar-refractivity contribution in [2.24, 2.45) is 4.99 Å². The number of nitro benzene ring substituents is 1. The highest BCUT2D eigenvalue weighted by Crippen LogP contribution is 2.33. The number of hydrogen-bond acceptors (Lipinski definition) is 6. The third-order valence-corrected chi connectivity index (χ3v) is 5.41. The van der Waals surface area contributed by atoms with Gasteiger partial charge in [-0.3, -0.25) is 14.9 Å². The molecule has 1 aromatic heterocycles. The predicted molar refractivity (Wildman–Crippen MR) is 116 cm³/mol. The van der Waals surface area contributed by atoms with Crippen molar-refractivity contribution in [2.45, 2.75) is 0 Å². The Morgan fingerprint density at radius 2 is 1.86 bits per heavy atom. The van der Waals surface area contributed by atoms with Crippen LogP contribution in [0.3, 0.4) is 0 Å². The van der Waals surface area contributed by atoms with Gasteiger partial charge >= 0.3 is 0 Å². The van der Waals surface area contributed by atoms with Crippen molar-refractivity contribution in [2.75, 3.05) is 0 Å². The van der Waals surface area contributed by atoms with Gasteiger partial charge in [-0.05, 0) is 54.2 Å². The number of nitro groups is 1. The van der Waals surface area contributed by atoms with Gasteiger partial charge in [0.2, 0.25) is 0 Å². The van der Waals surface area contributed by atoms with E-state index in [4.69, 9.17) is 4.42 Å². The minimum absolute atomic E-state index is 0.0436. The summed E-state index contributed by atoms with van der Waals surface area (Å²) >= 11 is 4.56. The number of benzene rings is 2. The minimum Gasteiger partial charge on any atom is -0.456 e. The van der Waals surface area contributed by atoms with E-state index in [-0.39, 0.29) is 11.6 Å². The predicted octanol–water partition coefficient (Wildman–Crippen LogP) is 5.51. The number of amides is 1. The molecular weight excluding hydrogens is 458 g/mol. The van der Waals surface area contributed by atoms with Gasteiger partial charge in [0.15, 0.2) is 5.17 Å². The van der Waals surface area contributed by atoms with Crippen molar-refractivity contribution in [3.05, 3.63) is 85.9 Å². The lowest BCUT2D eigenvalue weighted by molar-refractivity contribution is -0.384. The number of carbonyl (C=O) groups is 1. The van der Waals surface area contributed by atoms with Crippen LogP contribution in [0.25, 0.3) is 17.4 Å². The smallest absolute Gasteiger partial charge is 0.280 e. The fraction of sp³-hybridized carbons (Fsp3) is 0. The number of thioether (sulfide) groups is 1. The maximum Gasteiger partial charge on any atom is 0.280 e. The molecule has 144 valence electrons. The lowest BCUT2D eigenvalue weighted by atomic mass is 10.1. The van der Waals surface area contributed by atoms with E-state index < -0.39 is 4.92 Å². The number of carbonyl (C=O) groups excluding carboxylic acids is 1. The Morgan fingerprint density at radius 3 is 2.62 bits per heavy atom. The molecule has 2 heterocycles. The van der Waals surface area contributed by atoms with Crippen LogP contribution in [0.15, 0.2) is 79.5 Å². The zero-order valence-corrected chi connectivity index (χ0v) is 17.1. The maximum atomic E-state index is 12.2. The summed E-state index contributed by atoms with van der Waals surface area (Å²) in [5, 5.41) is 14.4. The Bertz CT molecular complexity index is 1170.